The third-order valence-electron chi connectivity index (χ3n) is 2.30. The Bertz CT molecular complexity index is 530. The van der Waals surface area contributed by atoms with Crippen molar-refractivity contribution in [3.8, 4) is 5.75 Å². The summed E-state index contributed by atoms with van der Waals surface area (Å²) in [5.41, 5.74) is 0.926. The molecular weight excluding hydrogens is 230 g/mol. The van der Waals surface area contributed by atoms with Crippen LogP contribution >= 0.6 is 0 Å². The number of hydrogen-bond donors (Lipinski definition) is 2. The number of methoxy groups -OCH3 is 1. The molecule has 5 nitrogen and oxygen atoms in total. The van der Waals surface area contributed by atoms with Crippen molar-refractivity contribution in [3.63, 3.8) is 0 Å². The molecule has 1 aromatic carbocycles. The van der Waals surface area contributed by atoms with Crippen molar-refractivity contribution in [3.05, 3.63) is 48.2 Å². The van der Waals surface area contributed by atoms with Gasteiger partial charge in [0.2, 0.25) is 5.91 Å². The fourth-order valence-corrected chi connectivity index (χ4v) is 1.39. The maximum Gasteiger partial charge on any atom is 0.249 e. The van der Waals surface area contributed by atoms with Crippen LogP contribution in [0.15, 0.2) is 42.6 Å². The molecule has 0 aliphatic heterocycles. The lowest BCUT2D eigenvalue weighted by molar-refractivity contribution is -0.111. The van der Waals surface area contributed by atoms with Gasteiger partial charge >= 0.3 is 0 Å². The molecule has 2 aromatic rings. The van der Waals surface area contributed by atoms with E-state index in [1.165, 1.54) is 6.08 Å². The van der Waals surface area contributed by atoms with Gasteiger partial charge in [-0.3, -0.25) is 9.89 Å². The van der Waals surface area contributed by atoms with Crippen LogP contribution in [0, 0.1) is 0 Å². The molecule has 0 aliphatic rings. The molecule has 1 heterocycles. The van der Waals surface area contributed by atoms with E-state index in [1.54, 1.807) is 25.4 Å². The first kappa shape index (κ1) is 11.9. The lowest BCUT2D eigenvalue weighted by atomic mass is 10.2. The van der Waals surface area contributed by atoms with Gasteiger partial charge in [0.25, 0.3) is 0 Å². The Labute approximate surface area is 104 Å². The summed E-state index contributed by atoms with van der Waals surface area (Å²) in [5.74, 6) is 1.14. The average Bonchev–Trinajstić information content (AvgIpc) is 2.90. The Morgan fingerprint density at radius 3 is 2.72 bits per heavy atom. The molecule has 0 saturated carbocycles. The molecule has 92 valence electrons. The van der Waals surface area contributed by atoms with Gasteiger partial charge in [0, 0.05) is 12.1 Å². The van der Waals surface area contributed by atoms with Crippen LogP contribution in [0.2, 0.25) is 0 Å². The molecule has 2 N–H and O–H groups in total. The molecule has 0 aliphatic carbocycles. The number of rotatable bonds is 4. The number of nitrogens with one attached hydrogen (secondary N) is 2. The molecule has 0 spiro atoms. The summed E-state index contributed by atoms with van der Waals surface area (Å²) < 4.78 is 5.05. The second-order valence-electron chi connectivity index (χ2n) is 3.57. The van der Waals surface area contributed by atoms with Crippen molar-refractivity contribution in [2.45, 2.75) is 0 Å². The molecule has 0 unspecified atom stereocenters. The van der Waals surface area contributed by atoms with Gasteiger partial charge in [-0.05, 0) is 23.8 Å². The number of benzene rings is 1. The molecule has 5 heteroatoms. The highest BCUT2D eigenvalue weighted by atomic mass is 16.5. The largest absolute Gasteiger partial charge is 0.497 e. The summed E-state index contributed by atoms with van der Waals surface area (Å²) in [7, 11) is 1.61. The molecule has 0 bridgehead atoms. The van der Waals surface area contributed by atoms with Crippen molar-refractivity contribution in [2.75, 3.05) is 12.4 Å². The van der Waals surface area contributed by atoms with E-state index in [1.807, 2.05) is 24.3 Å². The van der Waals surface area contributed by atoms with Gasteiger partial charge in [-0.2, -0.15) is 5.10 Å². The fraction of sp³-hybridized carbons (Fsp3) is 0.0769. The number of aromatic nitrogens is 2. The second kappa shape index (κ2) is 5.67. The topological polar surface area (TPSA) is 67.0 Å². The zero-order valence-corrected chi connectivity index (χ0v) is 9.88. The van der Waals surface area contributed by atoms with E-state index in [0.29, 0.717) is 5.82 Å². The molecule has 18 heavy (non-hydrogen) atoms. The number of aromatic amines is 1. The third-order valence-corrected chi connectivity index (χ3v) is 2.30. The zero-order chi connectivity index (χ0) is 12.8. The van der Waals surface area contributed by atoms with Gasteiger partial charge < -0.3 is 10.1 Å². The molecule has 2 rings (SSSR count). The summed E-state index contributed by atoms with van der Waals surface area (Å²) in [6.45, 7) is 0. The lowest BCUT2D eigenvalue weighted by Crippen LogP contribution is -2.07. The van der Waals surface area contributed by atoms with Gasteiger partial charge in [-0.25, -0.2) is 0 Å². The van der Waals surface area contributed by atoms with Crippen LogP contribution in [-0.4, -0.2) is 23.2 Å². The Morgan fingerprint density at radius 2 is 2.11 bits per heavy atom. The first-order chi connectivity index (χ1) is 8.78. The Hall–Kier alpha value is -2.56. The summed E-state index contributed by atoms with van der Waals surface area (Å²) in [4.78, 5) is 11.5. The summed E-state index contributed by atoms with van der Waals surface area (Å²) in [5, 5.41) is 9.03. The molecule has 0 radical (unpaired) electrons. The molecule has 1 aromatic heterocycles. The van der Waals surface area contributed by atoms with Gasteiger partial charge in [0.15, 0.2) is 0 Å². The van der Waals surface area contributed by atoms with Crippen LogP contribution < -0.4 is 10.1 Å². The number of anilines is 1. The van der Waals surface area contributed by atoms with Crippen LogP contribution in [0.4, 0.5) is 5.82 Å². The van der Waals surface area contributed by atoms with Crippen LogP contribution in [0.1, 0.15) is 5.56 Å². The van der Waals surface area contributed by atoms with Crippen molar-refractivity contribution in [1.29, 1.82) is 0 Å². The highest BCUT2D eigenvalue weighted by Crippen LogP contribution is 2.12. The smallest absolute Gasteiger partial charge is 0.249 e. The number of amides is 1. The highest BCUT2D eigenvalue weighted by Gasteiger charge is 1.98. The van der Waals surface area contributed by atoms with Crippen molar-refractivity contribution < 1.29 is 9.53 Å². The monoisotopic (exact) mass is 243 g/mol. The van der Waals surface area contributed by atoms with Gasteiger partial charge in [0.1, 0.15) is 11.6 Å². The van der Waals surface area contributed by atoms with Crippen molar-refractivity contribution in [2.24, 2.45) is 0 Å². The maximum absolute atomic E-state index is 11.5. The molecule has 0 fully saturated rings. The fourth-order valence-electron chi connectivity index (χ4n) is 1.39. The Balaban J connectivity index is 1.95. The average molecular weight is 243 g/mol. The predicted molar refractivity (Wildman–Crippen MR) is 69.2 cm³/mol. The molecule has 1 amide bonds. The predicted octanol–water partition coefficient (Wildman–Crippen LogP) is 2.07. The minimum absolute atomic E-state index is 0.213. The van der Waals surface area contributed by atoms with Crippen molar-refractivity contribution >= 4 is 17.8 Å². The van der Waals surface area contributed by atoms with E-state index < -0.39 is 0 Å². The van der Waals surface area contributed by atoms with E-state index in [9.17, 15) is 4.79 Å². The standard InChI is InChI=1S/C13H13N3O2/c1-18-11-5-2-10(3-6-11)4-7-13(17)15-12-8-9-14-16-12/h2-9H,1H3,(H2,14,15,16,17). The van der Waals surface area contributed by atoms with Crippen LogP contribution in [0.3, 0.4) is 0 Å². The minimum Gasteiger partial charge on any atom is -0.497 e. The Kier molecular flexibility index (Phi) is 3.76. The van der Waals surface area contributed by atoms with E-state index in [4.69, 9.17) is 4.74 Å². The molecule has 0 saturated heterocycles. The van der Waals surface area contributed by atoms with E-state index in [2.05, 4.69) is 15.5 Å². The molecule has 0 atom stereocenters. The Morgan fingerprint density at radius 1 is 1.33 bits per heavy atom. The second-order valence-corrected chi connectivity index (χ2v) is 3.57. The SMILES string of the molecule is COc1ccc(C=CC(=O)Nc2ccn[nH]2)cc1. The van der Waals surface area contributed by atoms with Gasteiger partial charge in [-0.15, -0.1) is 0 Å². The first-order valence-corrected chi connectivity index (χ1v) is 5.40. The summed E-state index contributed by atoms with van der Waals surface area (Å²) in [6, 6.07) is 9.11. The van der Waals surface area contributed by atoms with Crippen molar-refractivity contribution in [1.82, 2.24) is 10.2 Å². The van der Waals surface area contributed by atoms with Crippen LogP contribution in [0.5, 0.6) is 5.75 Å². The highest BCUT2D eigenvalue weighted by molar-refractivity contribution is 6.01. The van der Waals surface area contributed by atoms with Crippen LogP contribution in [0.25, 0.3) is 6.08 Å². The number of nitrogens with zero attached hydrogens (tertiary/aromatic N) is 1. The van der Waals surface area contributed by atoms with E-state index >= 15 is 0 Å². The zero-order valence-electron chi connectivity index (χ0n) is 9.88. The van der Waals surface area contributed by atoms with Crippen LogP contribution in [-0.2, 0) is 4.79 Å². The molecular formula is C13H13N3O2. The van der Waals surface area contributed by atoms with E-state index in [0.717, 1.165) is 11.3 Å². The quantitative estimate of drug-likeness (QED) is 0.808. The number of carbonyl (C=O) groups excluding carboxylic acids is 1. The normalized spacial score (nSPS) is 10.5. The number of ether oxygens (including phenoxy) is 1. The number of H-pyrrole nitrogens is 1. The summed E-state index contributed by atoms with van der Waals surface area (Å²) in [6.07, 6.45) is 4.76. The number of carbonyl (C=O) groups is 1. The van der Waals surface area contributed by atoms with Gasteiger partial charge in [0.05, 0.1) is 13.3 Å². The third kappa shape index (κ3) is 3.21. The first-order valence-electron chi connectivity index (χ1n) is 5.40. The van der Waals surface area contributed by atoms with Gasteiger partial charge in [-0.1, -0.05) is 12.1 Å². The minimum atomic E-state index is -0.213. The summed E-state index contributed by atoms with van der Waals surface area (Å²) >= 11 is 0. The lowest BCUT2D eigenvalue weighted by Gasteiger charge is -1.99. The van der Waals surface area contributed by atoms with E-state index in [-0.39, 0.29) is 5.91 Å². The maximum atomic E-state index is 11.5. The number of hydrogen-bond acceptors (Lipinski definition) is 3.